The van der Waals surface area contributed by atoms with Crippen LogP contribution in [0, 0.1) is 12.7 Å². The number of hydrogen-bond donors (Lipinski definition) is 1. The number of nitrogens with two attached hydrogens (primary N) is 1. The molecule has 0 aliphatic rings. The molecule has 0 spiro atoms. The Hall–Kier alpha value is -2.37. The molecule has 2 aromatic rings. The molecule has 2 rings (SSSR count). The Balaban J connectivity index is 2.54. The van der Waals surface area contributed by atoms with Crippen molar-refractivity contribution in [2.75, 3.05) is 12.3 Å². The molecule has 0 atom stereocenters. The van der Waals surface area contributed by atoms with E-state index in [0.29, 0.717) is 5.82 Å². The number of esters is 1. The minimum absolute atomic E-state index is 0.0532. The van der Waals surface area contributed by atoms with Gasteiger partial charge in [-0.1, -0.05) is 0 Å². The fourth-order valence-electron chi connectivity index (χ4n) is 1.78. The van der Waals surface area contributed by atoms with Crippen LogP contribution in [-0.2, 0) is 4.74 Å². The van der Waals surface area contributed by atoms with Crippen LogP contribution >= 0.6 is 0 Å². The van der Waals surface area contributed by atoms with Crippen LogP contribution in [0.25, 0.3) is 5.69 Å². The van der Waals surface area contributed by atoms with E-state index in [4.69, 9.17) is 10.5 Å². The lowest BCUT2D eigenvalue weighted by atomic mass is 10.1. The van der Waals surface area contributed by atoms with Crippen LogP contribution in [0.2, 0.25) is 0 Å². The van der Waals surface area contributed by atoms with Crippen LogP contribution in [0.15, 0.2) is 24.5 Å². The predicted molar refractivity (Wildman–Crippen MR) is 68.6 cm³/mol. The van der Waals surface area contributed by atoms with Gasteiger partial charge in [0.2, 0.25) is 0 Å². The molecule has 0 amide bonds. The first-order valence-electron chi connectivity index (χ1n) is 5.81. The minimum atomic E-state index is -0.570. The topological polar surface area (TPSA) is 70.1 Å². The highest BCUT2D eigenvalue weighted by Crippen LogP contribution is 2.23. The second kappa shape index (κ2) is 5.09. The maximum atomic E-state index is 13.9. The van der Waals surface area contributed by atoms with Crippen LogP contribution in [0.1, 0.15) is 23.1 Å². The fourth-order valence-corrected chi connectivity index (χ4v) is 1.78. The van der Waals surface area contributed by atoms with E-state index < -0.39 is 11.8 Å². The molecule has 0 fully saturated rings. The number of anilines is 1. The summed E-state index contributed by atoms with van der Waals surface area (Å²) in [7, 11) is 0. The van der Waals surface area contributed by atoms with Crippen LogP contribution in [0.5, 0.6) is 0 Å². The van der Waals surface area contributed by atoms with Crippen LogP contribution < -0.4 is 5.73 Å². The third kappa shape index (κ3) is 2.42. The molecule has 0 saturated heterocycles. The van der Waals surface area contributed by atoms with E-state index in [1.165, 1.54) is 10.6 Å². The maximum absolute atomic E-state index is 13.9. The first-order chi connectivity index (χ1) is 9.04. The lowest BCUT2D eigenvalue weighted by Crippen LogP contribution is -2.10. The Bertz CT molecular complexity index is 622. The van der Waals surface area contributed by atoms with Gasteiger partial charge in [-0.2, -0.15) is 0 Å². The molecule has 0 radical (unpaired) electrons. The maximum Gasteiger partial charge on any atom is 0.340 e. The number of carbonyl (C=O) groups is 1. The van der Waals surface area contributed by atoms with E-state index in [-0.39, 0.29) is 23.5 Å². The van der Waals surface area contributed by atoms with E-state index in [2.05, 4.69) is 4.98 Å². The van der Waals surface area contributed by atoms with Crippen LogP contribution in [0.3, 0.4) is 0 Å². The molecule has 0 unspecified atom stereocenters. The average molecular weight is 263 g/mol. The van der Waals surface area contributed by atoms with Crippen molar-refractivity contribution in [1.82, 2.24) is 9.55 Å². The molecule has 5 nitrogen and oxygen atoms in total. The summed E-state index contributed by atoms with van der Waals surface area (Å²) in [4.78, 5) is 15.8. The standard InChI is InChI=1S/C13H14FN3O2/c1-3-19-13(18)9-6-12(10(14)7-11(9)15)17-5-4-16-8(17)2/h4-7H,3,15H2,1-2H3. The summed E-state index contributed by atoms with van der Waals surface area (Å²) in [6.45, 7) is 3.66. The molecule has 1 heterocycles. The number of hydrogen-bond acceptors (Lipinski definition) is 4. The highest BCUT2D eigenvalue weighted by atomic mass is 19.1. The van der Waals surface area contributed by atoms with Gasteiger partial charge in [-0.15, -0.1) is 0 Å². The second-order valence-electron chi connectivity index (χ2n) is 3.96. The molecule has 19 heavy (non-hydrogen) atoms. The summed E-state index contributed by atoms with van der Waals surface area (Å²) < 4.78 is 20.4. The van der Waals surface area contributed by atoms with Gasteiger partial charge in [0, 0.05) is 18.1 Å². The Morgan fingerprint density at radius 1 is 1.53 bits per heavy atom. The lowest BCUT2D eigenvalue weighted by Gasteiger charge is -2.11. The number of ether oxygens (including phenoxy) is 1. The fraction of sp³-hybridized carbons (Fsp3) is 0.231. The normalized spacial score (nSPS) is 10.5. The van der Waals surface area contributed by atoms with E-state index in [1.54, 1.807) is 26.2 Å². The van der Waals surface area contributed by atoms with Crippen LogP contribution in [-0.4, -0.2) is 22.1 Å². The van der Waals surface area contributed by atoms with Gasteiger partial charge in [-0.05, 0) is 26.0 Å². The van der Waals surface area contributed by atoms with Crippen molar-refractivity contribution in [3.05, 3.63) is 41.7 Å². The highest BCUT2D eigenvalue weighted by molar-refractivity contribution is 5.95. The van der Waals surface area contributed by atoms with Crippen molar-refractivity contribution < 1.29 is 13.9 Å². The second-order valence-corrected chi connectivity index (χ2v) is 3.96. The molecule has 0 aliphatic heterocycles. The summed E-state index contributed by atoms with van der Waals surface area (Å²) >= 11 is 0. The smallest absolute Gasteiger partial charge is 0.340 e. The van der Waals surface area contributed by atoms with Crippen molar-refractivity contribution in [3.63, 3.8) is 0 Å². The van der Waals surface area contributed by atoms with Crippen molar-refractivity contribution in [2.24, 2.45) is 0 Å². The quantitative estimate of drug-likeness (QED) is 0.680. The van der Waals surface area contributed by atoms with Crippen molar-refractivity contribution in [1.29, 1.82) is 0 Å². The zero-order chi connectivity index (χ0) is 14.0. The number of imidazole rings is 1. The van der Waals surface area contributed by atoms with Crippen molar-refractivity contribution >= 4 is 11.7 Å². The third-order valence-corrected chi connectivity index (χ3v) is 2.70. The molecule has 0 bridgehead atoms. The predicted octanol–water partition coefficient (Wildman–Crippen LogP) is 2.08. The van der Waals surface area contributed by atoms with E-state index >= 15 is 0 Å². The zero-order valence-corrected chi connectivity index (χ0v) is 10.7. The largest absolute Gasteiger partial charge is 0.462 e. The van der Waals surface area contributed by atoms with Gasteiger partial charge in [-0.3, -0.25) is 0 Å². The lowest BCUT2D eigenvalue weighted by molar-refractivity contribution is 0.0527. The summed E-state index contributed by atoms with van der Waals surface area (Å²) in [5.41, 5.74) is 6.06. The molecule has 6 heteroatoms. The Morgan fingerprint density at radius 2 is 2.26 bits per heavy atom. The number of nitrogens with zero attached hydrogens (tertiary/aromatic N) is 2. The monoisotopic (exact) mass is 263 g/mol. The zero-order valence-electron chi connectivity index (χ0n) is 10.7. The van der Waals surface area contributed by atoms with Gasteiger partial charge in [0.05, 0.1) is 17.9 Å². The Labute approximate surface area is 109 Å². The molecule has 1 aromatic carbocycles. The van der Waals surface area contributed by atoms with Gasteiger partial charge in [0.1, 0.15) is 11.6 Å². The molecule has 1 aromatic heterocycles. The number of aromatic nitrogens is 2. The first kappa shape index (κ1) is 13.1. The van der Waals surface area contributed by atoms with Crippen LogP contribution in [0.4, 0.5) is 10.1 Å². The van der Waals surface area contributed by atoms with Crippen molar-refractivity contribution in [2.45, 2.75) is 13.8 Å². The molecular weight excluding hydrogens is 249 g/mol. The summed E-state index contributed by atoms with van der Waals surface area (Å²) in [6.07, 6.45) is 3.16. The van der Waals surface area contributed by atoms with E-state index in [0.717, 1.165) is 6.07 Å². The molecule has 100 valence electrons. The minimum Gasteiger partial charge on any atom is -0.462 e. The average Bonchev–Trinajstić information content (AvgIpc) is 2.76. The van der Waals surface area contributed by atoms with E-state index in [1.807, 2.05) is 0 Å². The molecule has 0 saturated carbocycles. The van der Waals surface area contributed by atoms with Gasteiger partial charge < -0.3 is 15.0 Å². The molecular formula is C13H14FN3O2. The number of rotatable bonds is 3. The first-order valence-corrected chi connectivity index (χ1v) is 5.81. The Kier molecular flexibility index (Phi) is 3.50. The highest BCUT2D eigenvalue weighted by Gasteiger charge is 2.16. The summed E-state index contributed by atoms with van der Waals surface area (Å²) in [5.74, 6) is -0.482. The number of nitrogen functional groups attached to an aromatic ring is 1. The SMILES string of the molecule is CCOC(=O)c1cc(-n2ccnc2C)c(F)cc1N. The van der Waals surface area contributed by atoms with Gasteiger partial charge in [0.15, 0.2) is 0 Å². The van der Waals surface area contributed by atoms with E-state index in [9.17, 15) is 9.18 Å². The molecule has 2 N–H and O–H groups in total. The number of aryl methyl sites for hydroxylation is 1. The number of carbonyl (C=O) groups excluding carboxylic acids is 1. The Morgan fingerprint density at radius 3 is 2.84 bits per heavy atom. The number of benzene rings is 1. The van der Waals surface area contributed by atoms with Gasteiger partial charge >= 0.3 is 5.97 Å². The van der Waals surface area contributed by atoms with Gasteiger partial charge in [0.25, 0.3) is 0 Å². The van der Waals surface area contributed by atoms with Crippen molar-refractivity contribution in [3.8, 4) is 5.69 Å². The summed E-state index contributed by atoms with van der Waals surface area (Å²) in [6, 6.07) is 2.48. The summed E-state index contributed by atoms with van der Waals surface area (Å²) in [5, 5.41) is 0. The van der Waals surface area contributed by atoms with Gasteiger partial charge in [-0.25, -0.2) is 14.2 Å². The third-order valence-electron chi connectivity index (χ3n) is 2.70. The molecule has 0 aliphatic carbocycles. The number of halogens is 1.